The lowest BCUT2D eigenvalue weighted by Gasteiger charge is -2.32. The maximum Gasteiger partial charge on any atom is 0.414 e. The van der Waals surface area contributed by atoms with Gasteiger partial charge < -0.3 is 10.1 Å². The van der Waals surface area contributed by atoms with Crippen LogP contribution in [-0.2, 0) is 4.74 Å². The van der Waals surface area contributed by atoms with Crippen LogP contribution in [0, 0.1) is 0 Å². The van der Waals surface area contributed by atoms with Crippen LogP contribution in [0.4, 0.5) is 10.5 Å². The van der Waals surface area contributed by atoms with Gasteiger partial charge in [-0.3, -0.25) is 4.90 Å². The molecule has 1 aliphatic rings. The van der Waals surface area contributed by atoms with Crippen molar-refractivity contribution in [2.24, 2.45) is 0 Å². The number of carbonyl (C=O) groups is 1. The Hall–Kier alpha value is -1.55. The second-order valence-electron chi connectivity index (χ2n) is 5.89. The van der Waals surface area contributed by atoms with Gasteiger partial charge in [0.15, 0.2) is 0 Å². The van der Waals surface area contributed by atoms with E-state index in [1.54, 1.807) is 11.9 Å². The molecule has 1 amide bonds. The maximum atomic E-state index is 12.1. The zero-order valence-electron chi connectivity index (χ0n) is 12.1. The van der Waals surface area contributed by atoms with E-state index in [9.17, 15) is 4.79 Å². The van der Waals surface area contributed by atoms with Gasteiger partial charge >= 0.3 is 6.09 Å². The Bertz CT molecular complexity index is 461. The molecule has 1 N–H and O–H groups in total. The zero-order valence-corrected chi connectivity index (χ0v) is 12.1. The van der Waals surface area contributed by atoms with Gasteiger partial charge in [0.2, 0.25) is 0 Å². The fraction of sp³-hybridized carbons (Fsp3) is 0.533. The number of para-hydroxylation sites is 1. The summed E-state index contributed by atoms with van der Waals surface area (Å²) in [5.74, 6) is 0. The number of anilines is 1. The molecule has 4 nitrogen and oxygen atoms in total. The third-order valence-corrected chi connectivity index (χ3v) is 3.16. The smallest absolute Gasteiger partial charge is 0.414 e. The molecule has 19 heavy (non-hydrogen) atoms. The normalized spacial score (nSPS) is 18.6. The minimum atomic E-state index is -0.477. The van der Waals surface area contributed by atoms with Crippen molar-refractivity contribution in [1.29, 1.82) is 0 Å². The van der Waals surface area contributed by atoms with Gasteiger partial charge in [0.1, 0.15) is 5.60 Å². The third-order valence-electron chi connectivity index (χ3n) is 3.16. The maximum absolute atomic E-state index is 12.1. The molecule has 2 rings (SSSR count). The molecule has 0 aromatic heterocycles. The van der Waals surface area contributed by atoms with Crippen molar-refractivity contribution in [2.75, 3.05) is 18.5 Å². The molecule has 1 fully saturated rings. The summed E-state index contributed by atoms with van der Waals surface area (Å²) in [7, 11) is 1.76. The number of rotatable bonds is 2. The van der Waals surface area contributed by atoms with E-state index in [1.165, 1.54) is 0 Å². The van der Waals surface area contributed by atoms with E-state index in [2.05, 4.69) is 11.4 Å². The summed E-state index contributed by atoms with van der Waals surface area (Å²) in [6, 6.07) is 8.31. The van der Waals surface area contributed by atoms with E-state index >= 15 is 0 Å². The van der Waals surface area contributed by atoms with Crippen molar-refractivity contribution in [1.82, 2.24) is 5.32 Å². The molecule has 1 aliphatic heterocycles. The Kier molecular flexibility index (Phi) is 3.80. The van der Waals surface area contributed by atoms with Crippen molar-refractivity contribution in [2.45, 2.75) is 38.8 Å². The van der Waals surface area contributed by atoms with Crippen LogP contribution >= 0.6 is 0 Å². The van der Waals surface area contributed by atoms with Crippen LogP contribution in [0.3, 0.4) is 0 Å². The molecule has 4 heteroatoms. The summed E-state index contributed by atoms with van der Waals surface area (Å²) in [5.41, 5.74) is 1.59. The van der Waals surface area contributed by atoms with E-state index < -0.39 is 5.60 Å². The number of carbonyl (C=O) groups excluding carboxylic acids is 1. The molecule has 0 aliphatic carbocycles. The van der Waals surface area contributed by atoms with E-state index in [4.69, 9.17) is 4.74 Å². The van der Waals surface area contributed by atoms with Crippen molar-refractivity contribution in [3.8, 4) is 0 Å². The van der Waals surface area contributed by atoms with Gasteiger partial charge in [0, 0.05) is 13.1 Å². The molecule has 1 saturated heterocycles. The minimum Gasteiger partial charge on any atom is -0.443 e. The number of ether oxygens (including phenoxy) is 1. The second-order valence-corrected chi connectivity index (χ2v) is 5.89. The van der Waals surface area contributed by atoms with Gasteiger partial charge in [-0.2, -0.15) is 0 Å². The Morgan fingerprint density at radius 2 is 2.00 bits per heavy atom. The van der Waals surface area contributed by atoms with Crippen LogP contribution in [0.1, 0.15) is 38.8 Å². The molecule has 0 spiro atoms. The van der Waals surface area contributed by atoms with Crippen molar-refractivity contribution < 1.29 is 9.53 Å². The first-order chi connectivity index (χ1) is 8.88. The Balaban J connectivity index is 2.18. The number of nitrogens with one attached hydrogen (secondary N) is 1. The quantitative estimate of drug-likeness (QED) is 0.890. The number of hydrogen-bond acceptors (Lipinski definition) is 3. The summed E-state index contributed by atoms with van der Waals surface area (Å²) < 4.78 is 5.41. The number of hydrogen-bond donors (Lipinski definition) is 1. The number of benzene rings is 1. The molecule has 1 unspecified atom stereocenters. The molecule has 0 radical (unpaired) electrons. The predicted octanol–water partition coefficient (Wildman–Crippen LogP) is 3.09. The van der Waals surface area contributed by atoms with Crippen LogP contribution in [0.2, 0.25) is 0 Å². The molecule has 0 saturated carbocycles. The Morgan fingerprint density at radius 1 is 1.37 bits per heavy atom. The van der Waals surface area contributed by atoms with Crippen molar-refractivity contribution in [3.63, 3.8) is 0 Å². The Morgan fingerprint density at radius 3 is 2.53 bits per heavy atom. The van der Waals surface area contributed by atoms with Crippen LogP contribution in [0.25, 0.3) is 0 Å². The second kappa shape index (κ2) is 5.21. The molecule has 1 aromatic rings. The standard InChI is InChI=1S/C15H22N2O2/c1-15(2,3)19-14(18)17(4)13-8-6-5-7-11(13)12-9-10-16-12/h5-8,12,16H,9-10H2,1-4H3. The van der Waals surface area contributed by atoms with Crippen LogP contribution in [0.15, 0.2) is 24.3 Å². The van der Waals surface area contributed by atoms with Crippen LogP contribution in [0.5, 0.6) is 0 Å². The number of amides is 1. The molecule has 1 atom stereocenters. The molecule has 104 valence electrons. The lowest BCUT2D eigenvalue weighted by Crippen LogP contribution is -2.38. The highest BCUT2D eigenvalue weighted by molar-refractivity contribution is 5.88. The summed E-state index contributed by atoms with van der Waals surface area (Å²) in [5, 5.41) is 3.37. The molecule has 1 heterocycles. The first kappa shape index (κ1) is 13.9. The number of nitrogens with zero attached hydrogens (tertiary/aromatic N) is 1. The molecule has 1 aromatic carbocycles. The zero-order chi connectivity index (χ0) is 14.0. The largest absolute Gasteiger partial charge is 0.443 e. The molecular formula is C15H22N2O2. The van der Waals surface area contributed by atoms with Gasteiger partial charge in [0.05, 0.1) is 5.69 Å². The fourth-order valence-corrected chi connectivity index (χ4v) is 2.07. The van der Waals surface area contributed by atoms with Gasteiger partial charge in [-0.25, -0.2) is 4.79 Å². The van der Waals surface area contributed by atoms with E-state index in [1.807, 2.05) is 39.0 Å². The van der Waals surface area contributed by atoms with Crippen LogP contribution < -0.4 is 10.2 Å². The summed E-state index contributed by atoms with van der Waals surface area (Å²) >= 11 is 0. The highest BCUT2D eigenvalue weighted by Gasteiger charge is 2.26. The van der Waals surface area contributed by atoms with E-state index in [-0.39, 0.29) is 6.09 Å². The summed E-state index contributed by atoms with van der Waals surface area (Å²) in [4.78, 5) is 13.7. The van der Waals surface area contributed by atoms with E-state index in [0.717, 1.165) is 24.2 Å². The minimum absolute atomic E-state index is 0.320. The Labute approximate surface area is 114 Å². The predicted molar refractivity (Wildman–Crippen MR) is 76.4 cm³/mol. The highest BCUT2D eigenvalue weighted by Crippen LogP contribution is 2.31. The fourth-order valence-electron chi connectivity index (χ4n) is 2.07. The molecule has 0 bridgehead atoms. The lowest BCUT2D eigenvalue weighted by atomic mass is 9.96. The molecular weight excluding hydrogens is 240 g/mol. The average Bonchev–Trinajstić information content (AvgIpc) is 2.24. The van der Waals surface area contributed by atoms with Gasteiger partial charge in [-0.1, -0.05) is 18.2 Å². The van der Waals surface area contributed by atoms with Crippen molar-refractivity contribution >= 4 is 11.8 Å². The van der Waals surface area contributed by atoms with Gasteiger partial charge in [0.25, 0.3) is 0 Å². The summed E-state index contributed by atoms with van der Waals surface area (Å²) in [6.07, 6.45) is 0.790. The SMILES string of the molecule is CN(C(=O)OC(C)(C)C)c1ccccc1C1CCN1. The van der Waals surface area contributed by atoms with Crippen LogP contribution in [-0.4, -0.2) is 25.3 Å². The van der Waals surface area contributed by atoms with Gasteiger partial charge in [-0.05, 0) is 45.4 Å². The average molecular weight is 262 g/mol. The monoisotopic (exact) mass is 262 g/mol. The summed E-state index contributed by atoms with van der Waals surface area (Å²) in [6.45, 7) is 6.66. The topological polar surface area (TPSA) is 41.6 Å². The van der Waals surface area contributed by atoms with E-state index in [0.29, 0.717) is 6.04 Å². The first-order valence-corrected chi connectivity index (χ1v) is 6.67. The van der Waals surface area contributed by atoms with Crippen molar-refractivity contribution in [3.05, 3.63) is 29.8 Å². The highest BCUT2D eigenvalue weighted by atomic mass is 16.6. The lowest BCUT2D eigenvalue weighted by molar-refractivity contribution is 0.0589. The van der Waals surface area contributed by atoms with Gasteiger partial charge in [-0.15, -0.1) is 0 Å². The first-order valence-electron chi connectivity index (χ1n) is 6.67. The third kappa shape index (κ3) is 3.26.